The van der Waals surface area contributed by atoms with E-state index in [2.05, 4.69) is 30.5 Å². The highest BCUT2D eigenvalue weighted by molar-refractivity contribution is 7.99. The van der Waals surface area contributed by atoms with E-state index in [-0.39, 0.29) is 17.9 Å². The summed E-state index contributed by atoms with van der Waals surface area (Å²) in [6.45, 7) is 6.61. The molecule has 40 heavy (non-hydrogen) atoms. The van der Waals surface area contributed by atoms with Crippen LogP contribution in [0.5, 0.6) is 0 Å². The maximum absolute atomic E-state index is 12.3. The van der Waals surface area contributed by atoms with Gasteiger partial charge >= 0.3 is 0 Å². The van der Waals surface area contributed by atoms with Crippen LogP contribution in [0, 0.1) is 23.7 Å². The number of likely N-dealkylation sites (N-methyl/N-ethyl adjacent to an activating group) is 1. The molecule has 2 bridgehead atoms. The Morgan fingerprint density at radius 3 is 2.58 bits per heavy atom. The summed E-state index contributed by atoms with van der Waals surface area (Å²) < 4.78 is 0. The van der Waals surface area contributed by atoms with Crippen molar-refractivity contribution in [3.05, 3.63) is 29.3 Å². The molecule has 3 aliphatic rings. The van der Waals surface area contributed by atoms with Crippen LogP contribution in [-0.2, 0) is 16.1 Å². The molecule has 0 aromatic heterocycles. The van der Waals surface area contributed by atoms with Crippen LogP contribution in [0.4, 0.5) is 0 Å². The van der Waals surface area contributed by atoms with Crippen molar-refractivity contribution in [1.82, 2.24) is 15.5 Å². The molecule has 3 fully saturated rings. The number of nitrogens with zero attached hydrogens (tertiary/aromatic N) is 1. The highest BCUT2D eigenvalue weighted by Crippen LogP contribution is 2.44. The van der Waals surface area contributed by atoms with Crippen LogP contribution < -0.4 is 10.6 Å². The van der Waals surface area contributed by atoms with Crippen molar-refractivity contribution in [1.29, 1.82) is 0 Å². The highest BCUT2D eigenvalue weighted by atomic mass is 32.2. The van der Waals surface area contributed by atoms with E-state index in [4.69, 9.17) is 0 Å². The number of carbonyl (C=O) groups excluding carboxylic acids is 3. The molecule has 0 radical (unpaired) electrons. The first-order valence-electron chi connectivity index (χ1n) is 15.8. The fraction of sp³-hybridized carbons (Fsp3) is 0.727. The first kappa shape index (κ1) is 31.2. The van der Waals surface area contributed by atoms with E-state index in [1.807, 2.05) is 35.8 Å². The van der Waals surface area contributed by atoms with Crippen molar-refractivity contribution in [3.63, 3.8) is 0 Å². The van der Waals surface area contributed by atoms with Gasteiger partial charge in [-0.1, -0.05) is 51.7 Å². The lowest BCUT2D eigenvalue weighted by atomic mass is 9.63. The van der Waals surface area contributed by atoms with E-state index in [1.165, 1.54) is 64.3 Å². The van der Waals surface area contributed by atoms with Gasteiger partial charge in [-0.3, -0.25) is 24.6 Å². The van der Waals surface area contributed by atoms with Crippen LogP contribution in [0.25, 0.3) is 0 Å². The number of unbranched alkanes of at least 4 members (excludes halogenated alkanes) is 5. The molecule has 222 valence electrons. The Morgan fingerprint density at radius 1 is 1.02 bits per heavy atom. The summed E-state index contributed by atoms with van der Waals surface area (Å²) in [5.74, 6) is 4.21. The number of piperidine rings is 1. The molecule has 2 aliphatic carbocycles. The lowest BCUT2D eigenvalue weighted by Gasteiger charge is -2.46. The van der Waals surface area contributed by atoms with Gasteiger partial charge in [0, 0.05) is 29.5 Å². The SMILES string of the molecule is CC1CC2CC(C)C(NCCCCCCCCSc3cccc(C=O)c3CN(C)C3CCC(=O)NC3=O)C(C1)C2. The minimum atomic E-state index is -0.347. The quantitative estimate of drug-likeness (QED) is 0.113. The van der Waals surface area contributed by atoms with Crippen LogP contribution in [0.3, 0.4) is 0 Å². The van der Waals surface area contributed by atoms with Gasteiger partial charge < -0.3 is 5.32 Å². The van der Waals surface area contributed by atoms with Crippen molar-refractivity contribution in [2.24, 2.45) is 23.7 Å². The summed E-state index contributed by atoms with van der Waals surface area (Å²) in [4.78, 5) is 38.7. The Bertz CT molecular complexity index is 997. The van der Waals surface area contributed by atoms with Crippen molar-refractivity contribution >= 4 is 29.9 Å². The molecule has 0 spiro atoms. The summed E-state index contributed by atoms with van der Waals surface area (Å²) in [7, 11) is 1.90. The van der Waals surface area contributed by atoms with E-state index in [0.717, 1.165) is 58.6 Å². The molecule has 2 N–H and O–H groups in total. The van der Waals surface area contributed by atoms with Crippen LogP contribution in [0.1, 0.15) is 107 Å². The van der Waals surface area contributed by atoms with Gasteiger partial charge in [0.2, 0.25) is 11.8 Å². The van der Waals surface area contributed by atoms with Gasteiger partial charge in [-0.15, -0.1) is 11.8 Å². The van der Waals surface area contributed by atoms with Gasteiger partial charge in [-0.05, 0) is 99.6 Å². The molecule has 7 heteroatoms. The Morgan fingerprint density at radius 2 is 1.80 bits per heavy atom. The Kier molecular flexibility index (Phi) is 12.1. The number of fused-ring (bicyclic) bond motifs is 2. The first-order valence-corrected chi connectivity index (χ1v) is 16.8. The second-order valence-electron chi connectivity index (χ2n) is 12.9. The molecule has 2 amide bonds. The van der Waals surface area contributed by atoms with E-state index in [0.29, 0.717) is 24.9 Å². The van der Waals surface area contributed by atoms with Gasteiger partial charge in [0.1, 0.15) is 6.29 Å². The number of benzene rings is 1. The fourth-order valence-electron chi connectivity index (χ4n) is 7.64. The molecule has 4 rings (SSSR count). The third kappa shape index (κ3) is 8.65. The summed E-state index contributed by atoms with van der Waals surface area (Å²) in [6.07, 6.45) is 15.1. The topological polar surface area (TPSA) is 78.5 Å². The second-order valence-corrected chi connectivity index (χ2v) is 14.1. The fourth-order valence-corrected chi connectivity index (χ4v) is 8.74. The lowest BCUT2D eigenvalue weighted by Crippen LogP contribution is -2.51. The average Bonchev–Trinajstić information content (AvgIpc) is 2.91. The molecule has 1 aromatic carbocycles. The first-order chi connectivity index (χ1) is 19.4. The van der Waals surface area contributed by atoms with Crippen LogP contribution in [-0.4, -0.2) is 54.4 Å². The van der Waals surface area contributed by atoms with E-state index >= 15 is 0 Å². The molecule has 6 unspecified atom stereocenters. The molecule has 6 atom stereocenters. The van der Waals surface area contributed by atoms with Gasteiger partial charge in [0.15, 0.2) is 0 Å². The number of hydrogen-bond acceptors (Lipinski definition) is 6. The number of hydrogen-bond donors (Lipinski definition) is 2. The molecule has 1 aliphatic heterocycles. The highest BCUT2D eigenvalue weighted by Gasteiger charge is 2.39. The second kappa shape index (κ2) is 15.5. The predicted octanol–water partition coefficient (Wildman–Crippen LogP) is 6.22. The third-order valence-electron chi connectivity index (χ3n) is 9.56. The lowest BCUT2D eigenvalue weighted by molar-refractivity contribution is -0.137. The number of amides is 2. The minimum Gasteiger partial charge on any atom is -0.313 e. The van der Waals surface area contributed by atoms with Crippen molar-refractivity contribution in [3.8, 4) is 0 Å². The van der Waals surface area contributed by atoms with Crippen molar-refractivity contribution < 1.29 is 14.4 Å². The molecular formula is C33H51N3O3S. The largest absolute Gasteiger partial charge is 0.313 e. The maximum atomic E-state index is 12.3. The number of rotatable bonds is 15. The molecular weight excluding hydrogens is 518 g/mol. The zero-order valence-electron chi connectivity index (χ0n) is 25.0. The maximum Gasteiger partial charge on any atom is 0.243 e. The Balaban J connectivity index is 1.11. The summed E-state index contributed by atoms with van der Waals surface area (Å²) in [5, 5.41) is 6.40. The number of imide groups is 1. The standard InChI is InChI=1S/C33H51N3O3S/c1-23-17-25-19-24(2)32(27(18-23)20-25)34-15-8-6-4-5-7-9-16-40-30-12-10-11-26(22-37)28(30)21-36(3)29-13-14-31(38)35-33(29)39/h10-12,22-25,27,29,32,34H,4-9,13-21H2,1-3H3,(H,35,38,39). The number of thioether (sulfide) groups is 1. The van der Waals surface area contributed by atoms with Gasteiger partial charge in [-0.2, -0.15) is 0 Å². The monoisotopic (exact) mass is 569 g/mol. The normalized spacial score (nSPS) is 28.5. The predicted molar refractivity (Wildman–Crippen MR) is 163 cm³/mol. The van der Waals surface area contributed by atoms with Gasteiger partial charge in [0.25, 0.3) is 0 Å². The van der Waals surface area contributed by atoms with Crippen LogP contribution in [0.2, 0.25) is 0 Å². The molecule has 6 nitrogen and oxygen atoms in total. The van der Waals surface area contributed by atoms with E-state index in [9.17, 15) is 14.4 Å². The van der Waals surface area contributed by atoms with Crippen LogP contribution in [0.15, 0.2) is 23.1 Å². The van der Waals surface area contributed by atoms with Gasteiger partial charge in [0.05, 0.1) is 6.04 Å². The van der Waals surface area contributed by atoms with Crippen molar-refractivity contribution in [2.75, 3.05) is 19.3 Å². The van der Waals surface area contributed by atoms with Crippen LogP contribution >= 0.6 is 11.8 Å². The zero-order chi connectivity index (χ0) is 28.5. The van der Waals surface area contributed by atoms with E-state index < -0.39 is 0 Å². The molecule has 1 saturated heterocycles. The average molecular weight is 570 g/mol. The molecule has 1 aromatic rings. The number of aldehydes is 1. The minimum absolute atomic E-state index is 0.207. The smallest absolute Gasteiger partial charge is 0.243 e. The van der Waals surface area contributed by atoms with Crippen molar-refractivity contribution in [2.45, 2.75) is 114 Å². The zero-order valence-corrected chi connectivity index (χ0v) is 25.8. The Labute approximate surface area is 246 Å². The van der Waals surface area contributed by atoms with E-state index in [1.54, 1.807) is 0 Å². The summed E-state index contributed by atoms with van der Waals surface area (Å²) >= 11 is 1.81. The Hall–Kier alpha value is -1.70. The molecule has 1 heterocycles. The number of carbonyl (C=O) groups is 3. The summed E-state index contributed by atoms with van der Waals surface area (Å²) in [6, 6.07) is 6.26. The molecule has 2 saturated carbocycles. The third-order valence-corrected chi connectivity index (χ3v) is 10.7. The van der Waals surface area contributed by atoms with Gasteiger partial charge in [-0.25, -0.2) is 0 Å². The number of nitrogens with one attached hydrogen (secondary N) is 2. The summed E-state index contributed by atoms with van der Waals surface area (Å²) in [5.41, 5.74) is 1.66.